The molecule has 0 aliphatic carbocycles. The van der Waals surface area contributed by atoms with Crippen LogP contribution in [0.2, 0.25) is 0 Å². The molecule has 0 bridgehead atoms. The van der Waals surface area contributed by atoms with Crippen molar-refractivity contribution in [3.05, 3.63) is 29.1 Å². The maximum atomic E-state index is 13.7. The number of nitrogens with zero attached hydrogens (tertiary/aromatic N) is 2. The van der Waals surface area contributed by atoms with Crippen LogP contribution in [0.15, 0.2) is 12.1 Å². The standard InChI is InChI=1S/C15H24FN3/c1-11-9-15(13(12(2)17)10-14(11)16)19-6-4-5-18(3)7-8-19/h9-10,12H,4-8,17H2,1-3H3/t12-/m0/s1. The second kappa shape index (κ2) is 5.88. The number of benzene rings is 1. The van der Waals surface area contributed by atoms with Crippen molar-refractivity contribution in [1.29, 1.82) is 0 Å². The van der Waals surface area contributed by atoms with Gasteiger partial charge >= 0.3 is 0 Å². The van der Waals surface area contributed by atoms with Crippen molar-refractivity contribution < 1.29 is 4.39 Å². The maximum absolute atomic E-state index is 13.7. The molecular weight excluding hydrogens is 241 g/mol. The zero-order valence-corrected chi connectivity index (χ0v) is 12.1. The van der Waals surface area contributed by atoms with Gasteiger partial charge in [-0.15, -0.1) is 0 Å². The average molecular weight is 265 g/mol. The number of likely N-dealkylation sites (N-methyl/N-ethyl adjacent to an activating group) is 1. The largest absolute Gasteiger partial charge is 0.370 e. The van der Waals surface area contributed by atoms with Crippen molar-refractivity contribution in [1.82, 2.24) is 4.90 Å². The van der Waals surface area contributed by atoms with E-state index in [2.05, 4.69) is 16.8 Å². The van der Waals surface area contributed by atoms with Gasteiger partial charge in [0.2, 0.25) is 0 Å². The van der Waals surface area contributed by atoms with Gasteiger partial charge in [-0.1, -0.05) is 0 Å². The molecule has 1 saturated heterocycles. The minimum atomic E-state index is -0.164. The van der Waals surface area contributed by atoms with Crippen LogP contribution in [0.3, 0.4) is 0 Å². The predicted molar refractivity (Wildman–Crippen MR) is 78.1 cm³/mol. The number of hydrogen-bond acceptors (Lipinski definition) is 3. The lowest BCUT2D eigenvalue weighted by atomic mass is 10.0. The van der Waals surface area contributed by atoms with E-state index < -0.39 is 0 Å². The summed E-state index contributed by atoms with van der Waals surface area (Å²) in [7, 11) is 2.14. The molecule has 1 aliphatic heterocycles. The molecule has 4 heteroatoms. The summed E-state index contributed by atoms with van der Waals surface area (Å²) >= 11 is 0. The van der Waals surface area contributed by atoms with E-state index in [9.17, 15) is 4.39 Å². The lowest BCUT2D eigenvalue weighted by molar-refractivity contribution is 0.360. The van der Waals surface area contributed by atoms with E-state index in [1.807, 2.05) is 19.9 Å². The van der Waals surface area contributed by atoms with Gasteiger partial charge in [0.05, 0.1) is 0 Å². The minimum Gasteiger partial charge on any atom is -0.370 e. The van der Waals surface area contributed by atoms with Crippen molar-refractivity contribution in [2.24, 2.45) is 5.73 Å². The van der Waals surface area contributed by atoms with Gasteiger partial charge in [-0.05, 0) is 57.1 Å². The van der Waals surface area contributed by atoms with Gasteiger partial charge in [-0.25, -0.2) is 4.39 Å². The topological polar surface area (TPSA) is 32.5 Å². The third kappa shape index (κ3) is 3.25. The van der Waals surface area contributed by atoms with E-state index >= 15 is 0 Å². The summed E-state index contributed by atoms with van der Waals surface area (Å²) in [4.78, 5) is 4.68. The van der Waals surface area contributed by atoms with Crippen LogP contribution in [-0.4, -0.2) is 38.1 Å². The molecule has 1 fully saturated rings. The Morgan fingerprint density at radius 3 is 2.63 bits per heavy atom. The Labute approximate surface area is 115 Å². The van der Waals surface area contributed by atoms with Crippen LogP contribution in [0, 0.1) is 12.7 Å². The van der Waals surface area contributed by atoms with Gasteiger partial charge in [-0.3, -0.25) is 0 Å². The van der Waals surface area contributed by atoms with E-state index in [0.717, 1.165) is 43.9 Å². The number of aryl methyl sites for hydroxylation is 1. The van der Waals surface area contributed by atoms with Crippen LogP contribution < -0.4 is 10.6 Å². The summed E-state index contributed by atoms with van der Waals surface area (Å²) in [5.74, 6) is -0.164. The molecule has 0 unspecified atom stereocenters. The quantitative estimate of drug-likeness (QED) is 0.890. The molecule has 1 heterocycles. The Kier molecular flexibility index (Phi) is 4.42. The Hall–Kier alpha value is -1.13. The molecule has 106 valence electrons. The van der Waals surface area contributed by atoms with Crippen LogP contribution in [0.5, 0.6) is 0 Å². The zero-order chi connectivity index (χ0) is 14.0. The van der Waals surface area contributed by atoms with E-state index in [1.54, 1.807) is 6.07 Å². The number of nitrogens with two attached hydrogens (primary N) is 1. The molecule has 1 atom stereocenters. The van der Waals surface area contributed by atoms with Gasteiger partial charge in [0.15, 0.2) is 0 Å². The van der Waals surface area contributed by atoms with Crippen molar-refractivity contribution in [2.45, 2.75) is 26.3 Å². The summed E-state index contributed by atoms with van der Waals surface area (Å²) in [5, 5.41) is 0. The lowest BCUT2D eigenvalue weighted by Gasteiger charge is -2.27. The summed E-state index contributed by atoms with van der Waals surface area (Å²) in [6.07, 6.45) is 1.13. The highest BCUT2D eigenvalue weighted by Crippen LogP contribution is 2.29. The van der Waals surface area contributed by atoms with Crippen LogP contribution in [0.4, 0.5) is 10.1 Å². The van der Waals surface area contributed by atoms with Gasteiger partial charge in [-0.2, -0.15) is 0 Å². The fourth-order valence-corrected chi connectivity index (χ4v) is 2.61. The van der Waals surface area contributed by atoms with Crippen molar-refractivity contribution in [3.8, 4) is 0 Å². The molecule has 1 aliphatic rings. The third-order valence-corrected chi connectivity index (χ3v) is 3.86. The molecule has 0 radical (unpaired) electrons. The Bertz CT molecular complexity index is 445. The zero-order valence-electron chi connectivity index (χ0n) is 12.1. The van der Waals surface area contributed by atoms with E-state index in [-0.39, 0.29) is 11.9 Å². The lowest BCUT2D eigenvalue weighted by Crippen LogP contribution is -2.30. The highest BCUT2D eigenvalue weighted by atomic mass is 19.1. The summed E-state index contributed by atoms with van der Waals surface area (Å²) < 4.78 is 13.7. The highest BCUT2D eigenvalue weighted by molar-refractivity contribution is 5.57. The average Bonchev–Trinajstić information content (AvgIpc) is 2.57. The van der Waals surface area contributed by atoms with Crippen LogP contribution >= 0.6 is 0 Å². The second-order valence-corrected chi connectivity index (χ2v) is 5.59. The molecular formula is C15H24FN3. The number of hydrogen-bond donors (Lipinski definition) is 1. The fourth-order valence-electron chi connectivity index (χ4n) is 2.61. The molecule has 3 nitrogen and oxygen atoms in total. The molecule has 2 N–H and O–H groups in total. The predicted octanol–water partition coefficient (Wildman–Crippen LogP) is 2.30. The second-order valence-electron chi connectivity index (χ2n) is 5.59. The smallest absolute Gasteiger partial charge is 0.126 e. The number of halogens is 1. The first kappa shape index (κ1) is 14.3. The summed E-state index contributed by atoms with van der Waals surface area (Å²) in [6, 6.07) is 3.40. The van der Waals surface area contributed by atoms with Crippen molar-refractivity contribution in [2.75, 3.05) is 38.1 Å². The SMILES string of the molecule is Cc1cc(N2CCCN(C)CC2)c([C@H](C)N)cc1F. The Balaban J connectivity index is 2.34. The molecule has 0 saturated carbocycles. The number of anilines is 1. The summed E-state index contributed by atoms with van der Waals surface area (Å²) in [6.45, 7) is 7.86. The third-order valence-electron chi connectivity index (χ3n) is 3.86. The van der Waals surface area contributed by atoms with Crippen LogP contribution in [0.25, 0.3) is 0 Å². The van der Waals surface area contributed by atoms with Gasteiger partial charge in [0.1, 0.15) is 5.82 Å². The Morgan fingerprint density at radius 2 is 1.95 bits per heavy atom. The van der Waals surface area contributed by atoms with Crippen LogP contribution in [0.1, 0.15) is 30.5 Å². The molecule has 2 rings (SSSR count). The van der Waals surface area contributed by atoms with Crippen molar-refractivity contribution >= 4 is 5.69 Å². The molecule has 19 heavy (non-hydrogen) atoms. The molecule has 0 amide bonds. The molecule has 1 aromatic carbocycles. The first-order chi connectivity index (χ1) is 8.99. The maximum Gasteiger partial charge on any atom is 0.126 e. The fraction of sp³-hybridized carbons (Fsp3) is 0.600. The first-order valence-electron chi connectivity index (χ1n) is 6.98. The number of rotatable bonds is 2. The summed E-state index contributed by atoms with van der Waals surface area (Å²) in [5.41, 5.74) is 8.71. The van der Waals surface area contributed by atoms with E-state index in [1.165, 1.54) is 0 Å². The normalized spacial score (nSPS) is 19.3. The van der Waals surface area contributed by atoms with Crippen molar-refractivity contribution in [3.63, 3.8) is 0 Å². The monoisotopic (exact) mass is 265 g/mol. The highest BCUT2D eigenvalue weighted by Gasteiger charge is 2.18. The minimum absolute atomic E-state index is 0.147. The first-order valence-corrected chi connectivity index (χ1v) is 6.98. The molecule has 0 aromatic heterocycles. The van der Waals surface area contributed by atoms with Gasteiger partial charge in [0.25, 0.3) is 0 Å². The van der Waals surface area contributed by atoms with E-state index in [4.69, 9.17) is 5.73 Å². The van der Waals surface area contributed by atoms with Gasteiger partial charge < -0.3 is 15.5 Å². The van der Waals surface area contributed by atoms with Crippen LogP contribution in [-0.2, 0) is 0 Å². The van der Waals surface area contributed by atoms with Gasteiger partial charge in [0, 0.05) is 31.4 Å². The molecule has 0 spiro atoms. The van der Waals surface area contributed by atoms with E-state index in [0.29, 0.717) is 5.56 Å². The Morgan fingerprint density at radius 1 is 1.21 bits per heavy atom. The molecule has 1 aromatic rings.